The topological polar surface area (TPSA) is 82.3 Å². The van der Waals surface area contributed by atoms with Gasteiger partial charge in [0.25, 0.3) is 5.91 Å². The number of pyridine rings is 1. The van der Waals surface area contributed by atoms with Crippen LogP contribution in [0.2, 0.25) is 0 Å². The van der Waals surface area contributed by atoms with E-state index in [1.807, 2.05) is 0 Å². The van der Waals surface area contributed by atoms with E-state index < -0.39 is 5.82 Å². The first kappa shape index (κ1) is 19.8. The zero-order valence-corrected chi connectivity index (χ0v) is 15.8. The van der Waals surface area contributed by atoms with Crippen LogP contribution in [0.5, 0.6) is 0 Å². The number of benzene rings is 1. The third-order valence-electron chi connectivity index (χ3n) is 4.96. The van der Waals surface area contributed by atoms with Crippen molar-refractivity contribution in [1.82, 2.24) is 9.88 Å². The molecule has 1 aromatic heterocycles. The summed E-state index contributed by atoms with van der Waals surface area (Å²) >= 11 is 0. The summed E-state index contributed by atoms with van der Waals surface area (Å²) in [6, 6.07) is 9.06. The van der Waals surface area contributed by atoms with Crippen LogP contribution < -0.4 is 10.9 Å². The minimum Gasteiger partial charge on any atom is -0.338 e. The number of aromatic amines is 1. The summed E-state index contributed by atoms with van der Waals surface area (Å²) in [6.07, 6.45) is 2.68. The van der Waals surface area contributed by atoms with Crippen LogP contribution in [0.1, 0.15) is 41.7 Å². The minimum absolute atomic E-state index is 0.158. The van der Waals surface area contributed by atoms with Gasteiger partial charge in [-0.3, -0.25) is 14.4 Å². The molecule has 0 bridgehead atoms. The van der Waals surface area contributed by atoms with Gasteiger partial charge in [0.2, 0.25) is 11.5 Å². The second-order valence-corrected chi connectivity index (χ2v) is 7.24. The Labute approximate surface area is 162 Å². The average molecular weight is 385 g/mol. The van der Waals surface area contributed by atoms with Gasteiger partial charge < -0.3 is 15.2 Å². The first-order valence-corrected chi connectivity index (χ1v) is 9.47. The number of halogens is 1. The van der Waals surface area contributed by atoms with Crippen molar-refractivity contribution in [2.75, 3.05) is 18.4 Å². The average Bonchev–Trinajstić information content (AvgIpc) is 2.67. The number of rotatable bonds is 5. The Bertz CT molecular complexity index is 925. The molecule has 1 saturated heterocycles. The van der Waals surface area contributed by atoms with Gasteiger partial charge in [0.05, 0.1) is 5.69 Å². The Morgan fingerprint density at radius 3 is 2.82 bits per heavy atom. The molecule has 28 heavy (non-hydrogen) atoms. The largest absolute Gasteiger partial charge is 0.338 e. The molecule has 0 spiro atoms. The van der Waals surface area contributed by atoms with Crippen LogP contribution in [0.15, 0.2) is 41.2 Å². The lowest BCUT2D eigenvalue weighted by Gasteiger charge is -2.32. The smallest absolute Gasteiger partial charge is 0.254 e. The predicted molar refractivity (Wildman–Crippen MR) is 105 cm³/mol. The molecule has 2 aromatic rings. The molecule has 1 fully saturated rings. The van der Waals surface area contributed by atoms with Gasteiger partial charge in [-0.1, -0.05) is 12.1 Å². The van der Waals surface area contributed by atoms with Crippen molar-refractivity contribution in [2.24, 2.45) is 5.92 Å². The summed E-state index contributed by atoms with van der Waals surface area (Å²) in [6.45, 7) is 2.94. The lowest BCUT2D eigenvalue weighted by Crippen LogP contribution is -2.40. The number of amides is 2. The normalized spacial score (nSPS) is 16.6. The predicted octanol–water partition coefficient (Wildman–Crippen LogP) is 3.09. The Hall–Kier alpha value is -2.96. The molecular formula is C21H24FN3O3. The summed E-state index contributed by atoms with van der Waals surface area (Å²) in [5.41, 5.74) is 0.924. The number of para-hydroxylation sites is 1. The summed E-state index contributed by atoms with van der Waals surface area (Å²) in [4.78, 5) is 40.8. The van der Waals surface area contributed by atoms with Gasteiger partial charge in [0, 0.05) is 36.8 Å². The van der Waals surface area contributed by atoms with Crippen molar-refractivity contribution in [1.29, 1.82) is 0 Å². The highest BCUT2D eigenvalue weighted by atomic mass is 19.1. The van der Waals surface area contributed by atoms with Crippen molar-refractivity contribution >= 4 is 17.5 Å². The van der Waals surface area contributed by atoms with E-state index in [4.69, 9.17) is 0 Å². The zero-order chi connectivity index (χ0) is 20.1. The maximum Gasteiger partial charge on any atom is 0.254 e. The van der Waals surface area contributed by atoms with Crippen molar-refractivity contribution in [3.63, 3.8) is 0 Å². The van der Waals surface area contributed by atoms with Crippen molar-refractivity contribution in [3.8, 4) is 0 Å². The van der Waals surface area contributed by atoms with Gasteiger partial charge in [-0.15, -0.1) is 0 Å². The van der Waals surface area contributed by atoms with Gasteiger partial charge in [-0.2, -0.15) is 0 Å². The van der Waals surface area contributed by atoms with Gasteiger partial charge in [-0.25, -0.2) is 4.39 Å². The molecule has 2 heterocycles. The van der Waals surface area contributed by atoms with E-state index >= 15 is 0 Å². The Morgan fingerprint density at radius 1 is 1.29 bits per heavy atom. The van der Waals surface area contributed by atoms with Gasteiger partial charge in [-0.05, 0) is 50.3 Å². The molecule has 0 saturated carbocycles. The monoisotopic (exact) mass is 385 g/mol. The highest BCUT2D eigenvalue weighted by Gasteiger charge is 2.25. The first-order valence-electron chi connectivity index (χ1n) is 9.47. The van der Waals surface area contributed by atoms with E-state index in [1.54, 1.807) is 30.0 Å². The molecule has 1 aromatic carbocycles. The molecule has 1 atom stereocenters. The Kier molecular flexibility index (Phi) is 6.23. The number of hydrogen-bond donors (Lipinski definition) is 2. The molecule has 7 heteroatoms. The van der Waals surface area contributed by atoms with Crippen LogP contribution in [-0.4, -0.2) is 34.8 Å². The van der Waals surface area contributed by atoms with E-state index in [-0.39, 0.29) is 35.4 Å². The molecule has 3 rings (SSSR count). The Balaban J connectivity index is 1.54. The molecule has 1 aliphatic rings. The standard InChI is InChI=1S/C21H24FN3O3/c1-14-11-16(12-20(27)23-14)21(28)25-10-4-5-15(13-25)8-9-19(26)24-18-7-3-2-6-17(18)22/h2-3,6-7,11-12,15H,4-5,8-10,13H2,1H3,(H,23,27)(H,24,26)/t15-/m0/s1. The van der Waals surface area contributed by atoms with Gasteiger partial charge in [0.1, 0.15) is 5.82 Å². The number of carbonyl (C=O) groups excluding carboxylic acids is 2. The summed E-state index contributed by atoms with van der Waals surface area (Å²) in [7, 11) is 0. The lowest BCUT2D eigenvalue weighted by molar-refractivity contribution is -0.116. The van der Waals surface area contributed by atoms with Crippen molar-refractivity contribution < 1.29 is 14.0 Å². The third kappa shape index (κ3) is 5.06. The molecular weight excluding hydrogens is 361 g/mol. The van der Waals surface area contributed by atoms with Crippen LogP contribution >= 0.6 is 0 Å². The first-order chi connectivity index (χ1) is 13.4. The fraction of sp³-hybridized carbons (Fsp3) is 0.381. The highest BCUT2D eigenvalue weighted by Crippen LogP contribution is 2.23. The zero-order valence-electron chi connectivity index (χ0n) is 15.8. The van der Waals surface area contributed by atoms with Crippen LogP contribution in [0.3, 0.4) is 0 Å². The molecule has 2 N–H and O–H groups in total. The number of aryl methyl sites for hydroxylation is 1. The molecule has 2 amide bonds. The van der Waals surface area contributed by atoms with E-state index in [0.29, 0.717) is 30.8 Å². The number of H-pyrrole nitrogens is 1. The van der Waals surface area contributed by atoms with Gasteiger partial charge in [0.15, 0.2) is 0 Å². The third-order valence-corrected chi connectivity index (χ3v) is 4.96. The number of aromatic nitrogens is 1. The minimum atomic E-state index is -0.460. The second kappa shape index (κ2) is 8.82. The maximum absolute atomic E-state index is 13.6. The molecule has 148 valence electrons. The second-order valence-electron chi connectivity index (χ2n) is 7.24. The van der Waals surface area contributed by atoms with Crippen LogP contribution in [0, 0.1) is 18.7 Å². The molecule has 6 nitrogen and oxygen atoms in total. The number of carbonyl (C=O) groups is 2. The summed E-state index contributed by atoms with van der Waals surface area (Å²) in [5, 5.41) is 2.59. The number of nitrogens with zero attached hydrogens (tertiary/aromatic N) is 1. The quantitative estimate of drug-likeness (QED) is 0.830. The van der Waals surface area contributed by atoms with Crippen LogP contribution in [-0.2, 0) is 4.79 Å². The SMILES string of the molecule is Cc1cc(C(=O)N2CCC[C@@H](CCC(=O)Nc3ccccc3F)C2)cc(=O)[nH]1. The maximum atomic E-state index is 13.6. The fourth-order valence-corrected chi connectivity index (χ4v) is 3.58. The fourth-order valence-electron chi connectivity index (χ4n) is 3.58. The van der Waals surface area contributed by atoms with Gasteiger partial charge >= 0.3 is 0 Å². The molecule has 0 aliphatic carbocycles. The highest BCUT2D eigenvalue weighted by molar-refractivity contribution is 5.94. The molecule has 0 radical (unpaired) electrons. The van der Waals surface area contributed by atoms with E-state index in [0.717, 1.165) is 12.8 Å². The number of nitrogens with one attached hydrogen (secondary N) is 2. The number of anilines is 1. The van der Waals surface area contributed by atoms with Crippen molar-refractivity contribution in [2.45, 2.75) is 32.6 Å². The van der Waals surface area contributed by atoms with Crippen molar-refractivity contribution in [3.05, 3.63) is 63.8 Å². The van der Waals surface area contributed by atoms with Crippen LogP contribution in [0.4, 0.5) is 10.1 Å². The molecule has 1 aliphatic heterocycles. The number of hydrogen-bond acceptors (Lipinski definition) is 3. The lowest BCUT2D eigenvalue weighted by atomic mass is 9.92. The molecule has 0 unspecified atom stereocenters. The summed E-state index contributed by atoms with van der Waals surface area (Å²) in [5.74, 6) is -0.654. The number of likely N-dealkylation sites (tertiary alicyclic amines) is 1. The summed E-state index contributed by atoms with van der Waals surface area (Å²) < 4.78 is 13.6. The van der Waals surface area contributed by atoms with E-state index in [9.17, 15) is 18.8 Å². The van der Waals surface area contributed by atoms with E-state index in [2.05, 4.69) is 10.3 Å². The Morgan fingerprint density at radius 2 is 2.07 bits per heavy atom. The van der Waals surface area contributed by atoms with Crippen LogP contribution in [0.25, 0.3) is 0 Å². The number of piperidine rings is 1. The van der Waals surface area contributed by atoms with E-state index in [1.165, 1.54) is 18.2 Å².